The number of aromatic nitrogens is 1. The Morgan fingerprint density at radius 3 is 2.63 bits per heavy atom. The van der Waals surface area contributed by atoms with Crippen molar-refractivity contribution in [1.29, 1.82) is 5.26 Å². The van der Waals surface area contributed by atoms with Crippen LogP contribution in [0.2, 0.25) is 0 Å². The van der Waals surface area contributed by atoms with Gasteiger partial charge in [0, 0.05) is 27.3 Å². The molecule has 1 aromatic carbocycles. The molecule has 30 heavy (non-hydrogen) atoms. The highest BCUT2D eigenvalue weighted by Crippen LogP contribution is 2.39. The van der Waals surface area contributed by atoms with Crippen molar-refractivity contribution in [3.05, 3.63) is 44.3 Å². The second kappa shape index (κ2) is 9.81. The zero-order chi connectivity index (χ0) is 21.7. The third-order valence-electron chi connectivity index (χ3n) is 5.15. The maximum Gasteiger partial charge on any atom is 0.266 e. The third kappa shape index (κ3) is 5.03. The molecule has 2 aromatic rings. The number of ether oxygens (including phenoxy) is 2. The van der Waals surface area contributed by atoms with Crippen LogP contribution in [0.3, 0.4) is 0 Å². The lowest BCUT2D eigenvalue weighted by Crippen LogP contribution is -2.39. The van der Waals surface area contributed by atoms with E-state index in [0.717, 1.165) is 25.7 Å². The van der Waals surface area contributed by atoms with Gasteiger partial charge in [-0.3, -0.25) is 9.59 Å². The molecule has 1 saturated carbocycles. The average molecular weight is 474 g/mol. The van der Waals surface area contributed by atoms with Crippen LogP contribution in [-0.4, -0.2) is 30.6 Å². The second-order valence-corrected chi connectivity index (χ2v) is 8.21. The molecule has 0 unspecified atom stereocenters. The second-order valence-electron chi connectivity index (χ2n) is 7.36. The zero-order valence-electron chi connectivity index (χ0n) is 17.0. The number of hydrogen-bond acceptors (Lipinski definition) is 5. The molecule has 158 valence electrons. The number of H-pyrrole nitrogens is 1. The Hall–Kier alpha value is -2.79. The average Bonchev–Trinajstić information content (AvgIpc) is 2.72. The Morgan fingerprint density at radius 2 is 1.97 bits per heavy atom. The number of halogens is 1. The molecular formula is C22H24BrN3O4. The van der Waals surface area contributed by atoms with Crippen LogP contribution in [0, 0.1) is 18.3 Å². The van der Waals surface area contributed by atoms with Crippen molar-refractivity contribution in [2.75, 3.05) is 13.7 Å². The van der Waals surface area contributed by atoms with Gasteiger partial charge < -0.3 is 19.8 Å². The summed E-state index contributed by atoms with van der Waals surface area (Å²) < 4.78 is 11.8. The standard InChI is InChI=1S/C22H24BrN3O4/c1-13-8-15(17(11-24)22(28)25-13)16-9-19(29-2)20(10-18(16)23)30-12-21(27)26-14-6-4-3-5-7-14/h8-10,14H,3-7,12H2,1-2H3,(H,25,28)(H,26,27). The molecule has 1 aromatic heterocycles. The fourth-order valence-electron chi connectivity index (χ4n) is 3.69. The first kappa shape index (κ1) is 21.9. The van der Waals surface area contributed by atoms with E-state index < -0.39 is 5.56 Å². The number of hydrogen-bond donors (Lipinski definition) is 2. The summed E-state index contributed by atoms with van der Waals surface area (Å²) in [6.07, 6.45) is 5.51. The maximum absolute atomic E-state index is 12.3. The van der Waals surface area contributed by atoms with Crippen LogP contribution in [0.4, 0.5) is 0 Å². The van der Waals surface area contributed by atoms with Crippen molar-refractivity contribution < 1.29 is 14.3 Å². The van der Waals surface area contributed by atoms with Crippen molar-refractivity contribution >= 4 is 21.8 Å². The van der Waals surface area contributed by atoms with Gasteiger partial charge >= 0.3 is 0 Å². The number of nitriles is 1. The topological polar surface area (TPSA) is 104 Å². The summed E-state index contributed by atoms with van der Waals surface area (Å²) in [4.78, 5) is 27.0. The summed E-state index contributed by atoms with van der Waals surface area (Å²) in [5, 5.41) is 12.4. The minimum absolute atomic E-state index is 0.0175. The predicted molar refractivity (Wildman–Crippen MR) is 117 cm³/mol. The molecule has 0 spiro atoms. The highest BCUT2D eigenvalue weighted by atomic mass is 79.9. The minimum Gasteiger partial charge on any atom is -0.493 e. The van der Waals surface area contributed by atoms with Crippen molar-refractivity contribution in [1.82, 2.24) is 10.3 Å². The van der Waals surface area contributed by atoms with Crippen LogP contribution in [0.25, 0.3) is 11.1 Å². The van der Waals surface area contributed by atoms with Gasteiger partial charge in [0.15, 0.2) is 18.1 Å². The van der Waals surface area contributed by atoms with Gasteiger partial charge in [-0.1, -0.05) is 35.2 Å². The van der Waals surface area contributed by atoms with Gasteiger partial charge in [-0.25, -0.2) is 0 Å². The van der Waals surface area contributed by atoms with Gasteiger partial charge in [0.25, 0.3) is 11.5 Å². The van der Waals surface area contributed by atoms with Crippen molar-refractivity contribution in [2.45, 2.75) is 45.1 Å². The summed E-state index contributed by atoms with van der Waals surface area (Å²) in [6, 6.07) is 7.28. The SMILES string of the molecule is COc1cc(-c2cc(C)[nH]c(=O)c2C#N)c(Br)cc1OCC(=O)NC1CCCCC1. The summed E-state index contributed by atoms with van der Waals surface area (Å²) >= 11 is 3.49. The first-order valence-corrected chi connectivity index (χ1v) is 10.7. The molecule has 3 rings (SSSR count). The van der Waals surface area contributed by atoms with E-state index in [0.29, 0.717) is 32.8 Å². The van der Waals surface area contributed by atoms with E-state index in [-0.39, 0.29) is 24.1 Å². The first-order chi connectivity index (χ1) is 14.4. The molecule has 1 heterocycles. The fourth-order valence-corrected chi connectivity index (χ4v) is 4.22. The van der Waals surface area contributed by atoms with Crippen molar-refractivity contribution in [3.8, 4) is 28.7 Å². The van der Waals surface area contributed by atoms with E-state index in [9.17, 15) is 14.9 Å². The minimum atomic E-state index is -0.446. The molecule has 0 bridgehead atoms. The van der Waals surface area contributed by atoms with E-state index >= 15 is 0 Å². The summed E-state index contributed by atoms with van der Waals surface area (Å²) in [5.41, 5.74) is 1.32. The maximum atomic E-state index is 12.3. The van der Waals surface area contributed by atoms with Crippen LogP contribution < -0.4 is 20.3 Å². The number of nitrogens with one attached hydrogen (secondary N) is 2. The molecule has 0 atom stereocenters. The van der Waals surface area contributed by atoms with E-state index in [2.05, 4.69) is 26.2 Å². The lowest BCUT2D eigenvalue weighted by Gasteiger charge is -2.23. The molecule has 7 nitrogen and oxygen atoms in total. The molecule has 8 heteroatoms. The molecule has 1 fully saturated rings. The molecule has 0 saturated heterocycles. The summed E-state index contributed by atoms with van der Waals surface area (Å²) in [7, 11) is 1.50. The Kier molecular flexibility index (Phi) is 7.16. The molecule has 0 radical (unpaired) electrons. The smallest absolute Gasteiger partial charge is 0.266 e. The molecule has 2 N–H and O–H groups in total. The summed E-state index contributed by atoms with van der Waals surface area (Å²) in [5.74, 6) is 0.633. The highest BCUT2D eigenvalue weighted by molar-refractivity contribution is 9.10. The number of nitrogens with zero attached hydrogens (tertiary/aromatic N) is 1. The van der Waals surface area contributed by atoms with Crippen LogP contribution in [0.1, 0.15) is 43.4 Å². The zero-order valence-corrected chi connectivity index (χ0v) is 18.6. The number of rotatable bonds is 6. The molecular weight excluding hydrogens is 450 g/mol. The number of aromatic amines is 1. The Morgan fingerprint density at radius 1 is 1.23 bits per heavy atom. The number of pyridine rings is 1. The number of aryl methyl sites for hydroxylation is 1. The molecule has 1 aliphatic carbocycles. The van der Waals surface area contributed by atoms with Crippen molar-refractivity contribution in [2.24, 2.45) is 0 Å². The molecule has 1 aliphatic rings. The Labute approximate surface area is 183 Å². The van der Waals surface area contributed by atoms with E-state index in [1.807, 2.05) is 6.07 Å². The van der Waals surface area contributed by atoms with E-state index in [4.69, 9.17) is 9.47 Å². The van der Waals surface area contributed by atoms with Crippen LogP contribution in [0.15, 0.2) is 27.5 Å². The summed E-state index contributed by atoms with van der Waals surface area (Å²) in [6.45, 7) is 1.63. The number of methoxy groups -OCH3 is 1. The molecule has 1 amide bonds. The Bertz CT molecular complexity index is 1040. The van der Waals surface area contributed by atoms with Gasteiger partial charge in [0.1, 0.15) is 11.6 Å². The quantitative estimate of drug-likeness (QED) is 0.663. The van der Waals surface area contributed by atoms with Gasteiger partial charge in [0.2, 0.25) is 0 Å². The number of amides is 1. The first-order valence-electron chi connectivity index (χ1n) is 9.87. The largest absolute Gasteiger partial charge is 0.493 e. The fraction of sp³-hybridized carbons (Fsp3) is 0.409. The van der Waals surface area contributed by atoms with Crippen molar-refractivity contribution in [3.63, 3.8) is 0 Å². The third-order valence-corrected chi connectivity index (χ3v) is 5.81. The van der Waals surface area contributed by atoms with E-state index in [1.165, 1.54) is 13.5 Å². The van der Waals surface area contributed by atoms with Gasteiger partial charge in [-0.15, -0.1) is 0 Å². The monoisotopic (exact) mass is 473 g/mol. The Balaban J connectivity index is 1.82. The van der Waals surface area contributed by atoms with Gasteiger partial charge in [-0.05, 0) is 38.0 Å². The van der Waals surface area contributed by atoms with E-state index in [1.54, 1.807) is 25.1 Å². The van der Waals surface area contributed by atoms with Crippen LogP contribution in [-0.2, 0) is 4.79 Å². The lowest BCUT2D eigenvalue weighted by molar-refractivity contribution is -0.124. The number of benzene rings is 1. The van der Waals surface area contributed by atoms with Gasteiger partial charge in [-0.2, -0.15) is 5.26 Å². The van der Waals surface area contributed by atoms with Crippen LogP contribution >= 0.6 is 15.9 Å². The highest BCUT2D eigenvalue weighted by Gasteiger charge is 2.19. The van der Waals surface area contributed by atoms with Gasteiger partial charge in [0.05, 0.1) is 7.11 Å². The van der Waals surface area contributed by atoms with Crippen LogP contribution in [0.5, 0.6) is 11.5 Å². The normalized spacial score (nSPS) is 14.1. The molecule has 0 aliphatic heterocycles. The lowest BCUT2D eigenvalue weighted by atomic mass is 9.95. The number of carbonyl (C=O) groups is 1. The number of carbonyl (C=O) groups excluding carboxylic acids is 1. The predicted octanol–water partition coefficient (Wildman–Crippen LogP) is 3.82.